The van der Waals surface area contributed by atoms with Crippen molar-refractivity contribution >= 4 is 34.3 Å². The van der Waals surface area contributed by atoms with E-state index in [2.05, 4.69) is 25.2 Å². The van der Waals surface area contributed by atoms with Gasteiger partial charge in [0.15, 0.2) is 16.0 Å². The number of pyridine rings is 1. The Kier molecular flexibility index (Phi) is 5.13. The van der Waals surface area contributed by atoms with Gasteiger partial charge < -0.3 is 4.74 Å². The number of anilines is 1. The maximum absolute atomic E-state index is 13.4. The monoisotopic (exact) mass is 354 g/mol. The normalized spacial score (nSPS) is 10.6. The largest absolute Gasteiger partial charge is 0.450 e. The van der Waals surface area contributed by atoms with Crippen LogP contribution in [0, 0.1) is 23.5 Å². The zero-order chi connectivity index (χ0) is 16.3. The molecule has 2 heterocycles. The number of nitrogens with one attached hydrogen (secondary N) is 1. The van der Waals surface area contributed by atoms with Gasteiger partial charge in [-0.05, 0) is 6.92 Å². The number of ether oxygens (including phenoxy) is 1. The van der Waals surface area contributed by atoms with Gasteiger partial charge in [0.2, 0.25) is 5.13 Å². The summed E-state index contributed by atoms with van der Waals surface area (Å²) in [5.74, 6) is -6.82. The standard InChI is InChI=1S/C10H6F4N4O2S2/c1-2-20-9(19)16-8-17-18-10(22-8)21-5-3(11)6(13)15-7(14)4(5)12/h2H2,1H3,(H,16,17,19). The molecular weight excluding hydrogens is 348 g/mol. The Morgan fingerprint density at radius 3 is 2.45 bits per heavy atom. The molecule has 2 aromatic heterocycles. The van der Waals surface area contributed by atoms with Gasteiger partial charge in [-0.15, -0.1) is 10.2 Å². The fourth-order valence-electron chi connectivity index (χ4n) is 1.20. The van der Waals surface area contributed by atoms with Crippen molar-refractivity contribution in [1.82, 2.24) is 15.2 Å². The molecule has 0 fully saturated rings. The summed E-state index contributed by atoms with van der Waals surface area (Å²) >= 11 is 1.05. The van der Waals surface area contributed by atoms with Gasteiger partial charge in [0.1, 0.15) is 0 Å². The van der Waals surface area contributed by atoms with Crippen LogP contribution < -0.4 is 5.32 Å². The lowest BCUT2D eigenvalue weighted by Crippen LogP contribution is -2.12. The van der Waals surface area contributed by atoms with Gasteiger partial charge >= 0.3 is 6.09 Å². The van der Waals surface area contributed by atoms with E-state index in [0.29, 0.717) is 11.8 Å². The molecule has 12 heteroatoms. The number of carbonyl (C=O) groups excluding carboxylic acids is 1. The number of amides is 1. The van der Waals surface area contributed by atoms with Crippen molar-refractivity contribution < 1.29 is 27.1 Å². The minimum Gasteiger partial charge on any atom is -0.450 e. The van der Waals surface area contributed by atoms with Gasteiger partial charge in [-0.2, -0.15) is 13.8 Å². The van der Waals surface area contributed by atoms with Gasteiger partial charge in [0.05, 0.1) is 11.5 Å². The third-order valence-corrected chi connectivity index (χ3v) is 3.99. The molecule has 6 nitrogen and oxygen atoms in total. The third kappa shape index (κ3) is 3.62. The minimum absolute atomic E-state index is 0.00299. The second-order valence-corrected chi connectivity index (χ2v) is 5.71. The molecule has 0 bridgehead atoms. The van der Waals surface area contributed by atoms with Gasteiger partial charge in [0, 0.05) is 0 Å². The highest BCUT2D eigenvalue weighted by Gasteiger charge is 2.23. The van der Waals surface area contributed by atoms with Crippen LogP contribution in [0.5, 0.6) is 0 Å². The first-order valence-corrected chi connectivity index (χ1v) is 7.20. The Morgan fingerprint density at radius 2 is 1.86 bits per heavy atom. The summed E-state index contributed by atoms with van der Waals surface area (Å²) in [6.45, 7) is 1.73. The number of carbonyl (C=O) groups is 1. The fourth-order valence-corrected chi connectivity index (χ4v) is 2.92. The highest BCUT2D eigenvalue weighted by molar-refractivity contribution is 8.01. The molecule has 0 spiro atoms. The summed E-state index contributed by atoms with van der Waals surface area (Å²) < 4.78 is 57.4. The number of hydrogen-bond donors (Lipinski definition) is 1. The van der Waals surface area contributed by atoms with E-state index in [-0.39, 0.29) is 16.1 Å². The predicted octanol–water partition coefficient (Wildman–Crippen LogP) is 3.21. The van der Waals surface area contributed by atoms with Crippen molar-refractivity contribution in [2.24, 2.45) is 0 Å². The Bertz CT molecular complexity index is 686. The number of nitrogens with zero attached hydrogens (tertiary/aromatic N) is 3. The summed E-state index contributed by atoms with van der Waals surface area (Å²) in [7, 11) is 0. The Morgan fingerprint density at radius 1 is 1.23 bits per heavy atom. The average molecular weight is 354 g/mol. The lowest BCUT2D eigenvalue weighted by Gasteiger charge is -2.02. The summed E-state index contributed by atoms with van der Waals surface area (Å²) in [5, 5.41) is 9.28. The first kappa shape index (κ1) is 16.4. The summed E-state index contributed by atoms with van der Waals surface area (Å²) in [6.07, 6.45) is -0.784. The number of aromatic nitrogens is 3. The van der Waals surface area contributed by atoms with Crippen LogP contribution in [0.25, 0.3) is 0 Å². The Balaban J connectivity index is 2.19. The number of hydrogen-bond acceptors (Lipinski definition) is 7. The van der Waals surface area contributed by atoms with Crippen molar-refractivity contribution in [3.63, 3.8) is 0 Å². The van der Waals surface area contributed by atoms with E-state index in [4.69, 9.17) is 0 Å². The molecule has 0 aromatic carbocycles. The van der Waals surface area contributed by atoms with Crippen molar-refractivity contribution in [3.05, 3.63) is 23.5 Å². The molecule has 0 saturated heterocycles. The molecule has 0 atom stereocenters. The van der Waals surface area contributed by atoms with Crippen molar-refractivity contribution in [2.75, 3.05) is 11.9 Å². The Labute approximate surface area is 128 Å². The number of rotatable bonds is 4. The van der Waals surface area contributed by atoms with Crippen LogP contribution in [0.2, 0.25) is 0 Å². The SMILES string of the molecule is CCOC(=O)Nc1nnc(Sc2c(F)c(F)nc(F)c2F)s1. The van der Waals surface area contributed by atoms with Crippen LogP contribution in [-0.4, -0.2) is 27.9 Å². The van der Waals surface area contributed by atoms with Gasteiger partial charge in [0.25, 0.3) is 11.9 Å². The van der Waals surface area contributed by atoms with Crippen molar-refractivity contribution in [3.8, 4) is 0 Å². The number of halogens is 4. The molecule has 0 saturated carbocycles. The molecule has 1 amide bonds. The molecule has 0 unspecified atom stereocenters. The molecule has 0 radical (unpaired) electrons. The lowest BCUT2D eigenvalue weighted by atomic mass is 10.4. The zero-order valence-electron chi connectivity index (χ0n) is 10.7. The second kappa shape index (κ2) is 6.87. The van der Waals surface area contributed by atoms with Crippen LogP contribution in [0.4, 0.5) is 27.5 Å². The molecule has 118 valence electrons. The first-order valence-electron chi connectivity index (χ1n) is 5.57. The van der Waals surface area contributed by atoms with Gasteiger partial charge in [-0.1, -0.05) is 23.1 Å². The van der Waals surface area contributed by atoms with E-state index in [1.165, 1.54) is 0 Å². The topological polar surface area (TPSA) is 77.0 Å². The van der Waals surface area contributed by atoms with Crippen LogP contribution in [0.15, 0.2) is 9.24 Å². The summed E-state index contributed by atoms with van der Waals surface area (Å²) in [5.41, 5.74) is 0. The van der Waals surface area contributed by atoms with E-state index in [0.717, 1.165) is 11.3 Å². The zero-order valence-corrected chi connectivity index (χ0v) is 12.3. The molecule has 22 heavy (non-hydrogen) atoms. The predicted molar refractivity (Wildman–Crippen MR) is 68.7 cm³/mol. The Hall–Kier alpha value is -1.95. The summed E-state index contributed by atoms with van der Waals surface area (Å²) in [6, 6.07) is 0. The van der Waals surface area contributed by atoms with Crippen LogP contribution in [0.1, 0.15) is 6.92 Å². The molecule has 0 aliphatic carbocycles. The van der Waals surface area contributed by atoms with E-state index >= 15 is 0 Å². The molecule has 2 aromatic rings. The van der Waals surface area contributed by atoms with Crippen molar-refractivity contribution in [2.45, 2.75) is 16.2 Å². The van der Waals surface area contributed by atoms with E-state index in [9.17, 15) is 22.4 Å². The molecule has 0 aliphatic rings. The molecule has 0 aliphatic heterocycles. The highest BCUT2D eigenvalue weighted by Crippen LogP contribution is 2.36. The minimum atomic E-state index is -1.77. The van der Waals surface area contributed by atoms with Gasteiger partial charge in [-0.3, -0.25) is 5.32 Å². The average Bonchev–Trinajstić information content (AvgIpc) is 2.89. The van der Waals surface area contributed by atoms with Crippen molar-refractivity contribution in [1.29, 1.82) is 0 Å². The van der Waals surface area contributed by atoms with E-state index < -0.39 is 34.5 Å². The maximum Gasteiger partial charge on any atom is 0.413 e. The smallest absolute Gasteiger partial charge is 0.413 e. The van der Waals surface area contributed by atoms with Crippen LogP contribution in [0.3, 0.4) is 0 Å². The quantitative estimate of drug-likeness (QED) is 0.516. The van der Waals surface area contributed by atoms with Gasteiger partial charge in [-0.25, -0.2) is 13.6 Å². The second-order valence-electron chi connectivity index (χ2n) is 3.47. The highest BCUT2D eigenvalue weighted by atomic mass is 32.2. The third-order valence-electron chi connectivity index (χ3n) is 2.04. The van der Waals surface area contributed by atoms with E-state index in [1.807, 2.05) is 0 Å². The fraction of sp³-hybridized carbons (Fsp3) is 0.200. The first-order chi connectivity index (χ1) is 10.4. The molecule has 1 N–H and O–H groups in total. The van der Waals surface area contributed by atoms with E-state index in [1.54, 1.807) is 6.92 Å². The van der Waals surface area contributed by atoms with Crippen LogP contribution in [-0.2, 0) is 4.74 Å². The molecule has 2 rings (SSSR count). The van der Waals surface area contributed by atoms with Crippen LogP contribution >= 0.6 is 23.1 Å². The molecular formula is C10H6F4N4O2S2. The summed E-state index contributed by atoms with van der Waals surface area (Å²) in [4.78, 5) is 12.6. The lowest BCUT2D eigenvalue weighted by molar-refractivity contribution is 0.168. The maximum atomic E-state index is 13.4.